The van der Waals surface area contributed by atoms with Crippen molar-refractivity contribution in [3.63, 3.8) is 0 Å². The fraction of sp³-hybridized carbons (Fsp3) is 0.280. The SMILES string of the molecule is COc1c(F)cccc1Nc1c(-c2ccncc2OCc2nnc3n2CCC3)[nH]c2c1C(=O)NCC2. The van der Waals surface area contributed by atoms with Crippen LogP contribution in [0.25, 0.3) is 11.3 Å². The molecule has 0 atom stereocenters. The van der Waals surface area contributed by atoms with E-state index in [0.29, 0.717) is 46.9 Å². The zero-order valence-electron chi connectivity index (χ0n) is 19.6. The van der Waals surface area contributed by atoms with Gasteiger partial charge in [0.25, 0.3) is 5.91 Å². The van der Waals surface area contributed by atoms with Crippen molar-refractivity contribution in [2.45, 2.75) is 32.4 Å². The van der Waals surface area contributed by atoms with Crippen LogP contribution >= 0.6 is 0 Å². The van der Waals surface area contributed by atoms with E-state index >= 15 is 0 Å². The topological polar surface area (TPSA) is 119 Å². The number of carbonyl (C=O) groups excluding carboxylic acids is 1. The number of nitrogens with one attached hydrogen (secondary N) is 3. The maximum atomic E-state index is 14.4. The van der Waals surface area contributed by atoms with E-state index in [2.05, 4.69) is 35.4 Å². The molecule has 2 aliphatic rings. The van der Waals surface area contributed by atoms with Crippen LogP contribution in [0, 0.1) is 5.82 Å². The summed E-state index contributed by atoms with van der Waals surface area (Å²) in [7, 11) is 1.40. The Kier molecular flexibility index (Phi) is 5.51. The number of hydrogen-bond acceptors (Lipinski definition) is 7. The summed E-state index contributed by atoms with van der Waals surface area (Å²) in [6.45, 7) is 1.63. The zero-order chi connectivity index (χ0) is 24.6. The van der Waals surface area contributed by atoms with Crippen molar-refractivity contribution < 1.29 is 18.7 Å². The molecule has 10 nitrogen and oxygen atoms in total. The lowest BCUT2D eigenvalue weighted by Gasteiger charge is -2.17. The molecule has 1 aromatic carbocycles. The van der Waals surface area contributed by atoms with Gasteiger partial charge in [0.15, 0.2) is 17.4 Å². The summed E-state index contributed by atoms with van der Waals surface area (Å²) in [5.74, 6) is 1.57. The van der Waals surface area contributed by atoms with E-state index in [0.717, 1.165) is 36.7 Å². The molecule has 0 fully saturated rings. The fourth-order valence-electron chi connectivity index (χ4n) is 4.82. The number of aryl methyl sites for hydroxylation is 1. The predicted molar refractivity (Wildman–Crippen MR) is 129 cm³/mol. The Morgan fingerprint density at radius 3 is 3.03 bits per heavy atom. The number of aromatic amines is 1. The van der Waals surface area contributed by atoms with Crippen LogP contribution in [0.2, 0.25) is 0 Å². The number of nitrogens with zero attached hydrogens (tertiary/aromatic N) is 4. The average Bonchev–Trinajstić information content (AvgIpc) is 3.59. The second-order valence-electron chi connectivity index (χ2n) is 8.63. The Hall–Kier alpha value is -4.41. The summed E-state index contributed by atoms with van der Waals surface area (Å²) in [6, 6.07) is 6.41. The summed E-state index contributed by atoms with van der Waals surface area (Å²) >= 11 is 0. The Balaban J connectivity index is 1.41. The molecule has 0 saturated heterocycles. The van der Waals surface area contributed by atoms with Gasteiger partial charge in [-0.25, -0.2) is 4.39 Å². The van der Waals surface area contributed by atoms with Crippen LogP contribution in [0.15, 0.2) is 36.7 Å². The van der Waals surface area contributed by atoms with Gasteiger partial charge in [0, 0.05) is 43.4 Å². The van der Waals surface area contributed by atoms with Crippen molar-refractivity contribution in [1.29, 1.82) is 0 Å². The maximum Gasteiger partial charge on any atom is 0.255 e. The molecule has 3 N–H and O–H groups in total. The molecule has 11 heteroatoms. The number of amides is 1. The number of pyridine rings is 1. The number of anilines is 2. The monoisotopic (exact) mass is 489 g/mol. The van der Waals surface area contributed by atoms with Gasteiger partial charge in [0.05, 0.1) is 35.9 Å². The lowest BCUT2D eigenvalue weighted by Crippen LogP contribution is -2.31. The van der Waals surface area contributed by atoms with Crippen LogP contribution in [0.5, 0.6) is 11.5 Å². The number of fused-ring (bicyclic) bond motifs is 2. The first-order chi connectivity index (χ1) is 17.6. The molecule has 5 heterocycles. The largest absolute Gasteiger partial charge is 0.492 e. The third kappa shape index (κ3) is 3.72. The number of carbonyl (C=O) groups is 1. The second-order valence-corrected chi connectivity index (χ2v) is 8.63. The Labute approximate surface area is 205 Å². The van der Waals surface area contributed by atoms with Gasteiger partial charge >= 0.3 is 0 Å². The predicted octanol–water partition coefficient (Wildman–Crippen LogP) is 3.37. The number of hydrogen-bond donors (Lipinski definition) is 3. The molecule has 6 rings (SSSR count). The highest BCUT2D eigenvalue weighted by Gasteiger charge is 2.29. The number of halogens is 1. The summed E-state index contributed by atoms with van der Waals surface area (Å²) in [6.07, 6.45) is 5.88. The molecule has 2 aliphatic heterocycles. The molecule has 0 unspecified atom stereocenters. The van der Waals surface area contributed by atoms with Gasteiger partial charge in [-0.2, -0.15) is 0 Å². The number of ether oxygens (including phenoxy) is 2. The Morgan fingerprint density at radius 1 is 1.22 bits per heavy atom. The lowest BCUT2D eigenvalue weighted by atomic mass is 10.0. The molecule has 0 spiro atoms. The van der Waals surface area contributed by atoms with Crippen molar-refractivity contribution in [3.8, 4) is 22.8 Å². The van der Waals surface area contributed by atoms with Crippen LogP contribution in [0.4, 0.5) is 15.8 Å². The summed E-state index contributed by atoms with van der Waals surface area (Å²) in [5.41, 5.74) is 3.49. The number of rotatable bonds is 7. The average molecular weight is 490 g/mol. The fourth-order valence-corrected chi connectivity index (χ4v) is 4.82. The van der Waals surface area contributed by atoms with E-state index < -0.39 is 5.82 Å². The molecule has 3 aromatic heterocycles. The molecule has 36 heavy (non-hydrogen) atoms. The maximum absolute atomic E-state index is 14.4. The minimum absolute atomic E-state index is 0.0569. The first-order valence-corrected chi connectivity index (χ1v) is 11.7. The van der Waals surface area contributed by atoms with E-state index in [4.69, 9.17) is 9.47 Å². The highest BCUT2D eigenvalue weighted by Crippen LogP contribution is 2.42. The standard InChI is InChI=1S/C25H24FN7O3/c1-35-24-15(26)4-2-5-17(24)30-23-21-16(8-10-28-25(21)34)29-22(23)14-7-9-27-12-18(14)36-13-20-32-31-19-6-3-11-33(19)20/h2,4-5,7,9,12,29-30H,3,6,8,10-11,13H2,1H3,(H,28,34). The summed E-state index contributed by atoms with van der Waals surface area (Å²) in [5, 5.41) is 14.6. The van der Waals surface area contributed by atoms with Gasteiger partial charge in [-0.15, -0.1) is 10.2 Å². The quantitative estimate of drug-likeness (QED) is 0.364. The molecule has 0 bridgehead atoms. The molecular weight excluding hydrogens is 465 g/mol. The third-order valence-corrected chi connectivity index (χ3v) is 6.49. The number of para-hydroxylation sites is 1. The van der Waals surface area contributed by atoms with Crippen molar-refractivity contribution >= 4 is 17.3 Å². The Morgan fingerprint density at radius 2 is 2.14 bits per heavy atom. The van der Waals surface area contributed by atoms with Gasteiger partial charge in [-0.3, -0.25) is 9.78 Å². The smallest absolute Gasteiger partial charge is 0.255 e. The highest BCUT2D eigenvalue weighted by atomic mass is 19.1. The number of aromatic nitrogens is 5. The second kappa shape index (κ2) is 8.99. The van der Waals surface area contributed by atoms with Crippen LogP contribution in [-0.2, 0) is 26.0 Å². The van der Waals surface area contributed by atoms with E-state index in [9.17, 15) is 9.18 Å². The molecule has 0 radical (unpaired) electrons. The summed E-state index contributed by atoms with van der Waals surface area (Å²) in [4.78, 5) is 20.5. The van der Waals surface area contributed by atoms with Crippen LogP contribution in [0.1, 0.15) is 34.1 Å². The van der Waals surface area contributed by atoms with Crippen LogP contribution in [0.3, 0.4) is 0 Å². The zero-order valence-corrected chi connectivity index (χ0v) is 19.6. The summed E-state index contributed by atoms with van der Waals surface area (Å²) < 4.78 is 28.0. The Bertz CT molecular complexity index is 1460. The third-order valence-electron chi connectivity index (χ3n) is 6.49. The van der Waals surface area contributed by atoms with Crippen LogP contribution in [-0.4, -0.2) is 44.3 Å². The lowest BCUT2D eigenvalue weighted by molar-refractivity contribution is 0.0947. The number of benzene rings is 1. The molecule has 0 aliphatic carbocycles. The van der Waals surface area contributed by atoms with Crippen molar-refractivity contribution in [2.24, 2.45) is 0 Å². The molecular formula is C25H24FN7O3. The van der Waals surface area contributed by atoms with Crippen LogP contribution < -0.4 is 20.1 Å². The normalized spacial score (nSPS) is 14.2. The number of methoxy groups -OCH3 is 1. The van der Waals surface area contributed by atoms with Crippen molar-refractivity contribution in [3.05, 3.63) is 65.4 Å². The first kappa shape index (κ1) is 22.1. The molecule has 1 amide bonds. The minimum atomic E-state index is -0.508. The van der Waals surface area contributed by atoms with Gasteiger partial charge in [0.1, 0.15) is 18.2 Å². The molecule has 184 valence electrons. The van der Waals surface area contributed by atoms with Crippen molar-refractivity contribution in [2.75, 3.05) is 19.0 Å². The van der Waals surface area contributed by atoms with Crippen molar-refractivity contribution in [1.82, 2.24) is 30.0 Å². The van der Waals surface area contributed by atoms with E-state index in [-0.39, 0.29) is 18.3 Å². The van der Waals surface area contributed by atoms with E-state index in [1.54, 1.807) is 24.5 Å². The van der Waals surface area contributed by atoms with E-state index in [1.165, 1.54) is 13.2 Å². The van der Waals surface area contributed by atoms with Gasteiger partial charge in [-0.1, -0.05) is 6.07 Å². The highest BCUT2D eigenvalue weighted by molar-refractivity contribution is 6.06. The van der Waals surface area contributed by atoms with Gasteiger partial charge in [-0.05, 0) is 24.6 Å². The number of H-pyrrole nitrogens is 1. The van der Waals surface area contributed by atoms with Gasteiger partial charge < -0.3 is 29.7 Å². The molecule has 0 saturated carbocycles. The van der Waals surface area contributed by atoms with E-state index in [1.807, 2.05) is 6.07 Å². The first-order valence-electron chi connectivity index (χ1n) is 11.7. The minimum Gasteiger partial charge on any atom is -0.492 e. The molecule has 4 aromatic rings. The van der Waals surface area contributed by atoms with Gasteiger partial charge in [0.2, 0.25) is 0 Å².